The highest BCUT2D eigenvalue weighted by molar-refractivity contribution is 7.99. The SMILES string of the molecule is CC1(C)CCC(c2ccc(Cl)cc2)=C(CN2CCN(c3ccc(NS(=O)(=O)c4ccc(N[C@H](CCN5CCN(C(=O)O)CC5)CSc5ccccc5)c(S(=O)(=O)C(F)(F)F)c4)cc3)CC2)C1. The Balaban J connectivity index is 1.03. The van der Waals surface area contributed by atoms with Gasteiger partial charge in [0.15, 0.2) is 0 Å². The molecule has 66 heavy (non-hydrogen) atoms. The maximum atomic E-state index is 14.2. The van der Waals surface area contributed by atoms with Gasteiger partial charge in [0, 0.05) is 98.5 Å². The number of amides is 1. The van der Waals surface area contributed by atoms with E-state index in [1.165, 1.54) is 33.4 Å². The number of piperazine rings is 2. The van der Waals surface area contributed by atoms with Gasteiger partial charge in [-0.15, -0.1) is 11.8 Å². The Bertz CT molecular complexity index is 2570. The first-order chi connectivity index (χ1) is 31.3. The number of carbonyl (C=O) groups is 1. The lowest BCUT2D eigenvalue weighted by Crippen LogP contribution is -2.49. The fraction of sp³-hybridized carbons (Fsp3) is 0.426. The van der Waals surface area contributed by atoms with Crippen molar-refractivity contribution in [3.8, 4) is 0 Å². The van der Waals surface area contributed by atoms with Gasteiger partial charge in [0.2, 0.25) is 0 Å². The molecule has 0 unspecified atom stereocenters. The number of nitrogens with one attached hydrogen (secondary N) is 2. The molecule has 2 aliphatic heterocycles. The number of hydrogen-bond acceptors (Lipinski definition) is 10. The number of sulfonamides is 1. The van der Waals surface area contributed by atoms with Gasteiger partial charge in [-0.25, -0.2) is 21.6 Å². The molecule has 7 rings (SSSR count). The van der Waals surface area contributed by atoms with E-state index in [0.29, 0.717) is 56.0 Å². The van der Waals surface area contributed by atoms with Crippen molar-refractivity contribution in [2.24, 2.45) is 5.41 Å². The molecule has 1 amide bonds. The van der Waals surface area contributed by atoms with Crippen molar-refractivity contribution < 1.29 is 39.9 Å². The molecule has 356 valence electrons. The summed E-state index contributed by atoms with van der Waals surface area (Å²) in [6.45, 7) is 10.7. The fourth-order valence-electron chi connectivity index (χ4n) is 8.72. The first kappa shape index (κ1) is 49.4. The van der Waals surface area contributed by atoms with Gasteiger partial charge in [0.25, 0.3) is 19.9 Å². The zero-order valence-corrected chi connectivity index (χ0v) is 40.1. The maximum Gasteiger partial charge on any atom is 0.501 e. The van der Waals surface area contributed by atoms with Crippen molar-refractivity contribution >= 4 is 72.0 Å². The summed E-state index contributed by atoms with van der Waals surface area (Å²) in [5.74, 6) is 0.334. The number of rotatable bonds is 16. The average molecular weight is 990 g/mol. The van der Waals surface area contributed by atoms with Crippen LogP contribution >= 0.6 is 23.4 Å². The third-order valence-electron chi connectivity index (χ3n) is 12.5. The standard InChI is InChI=1S/C47H56ClF3N6O6S3/c1-46(2)20-18-42(34-8-10-36(48)11-9-34)35(31-46)32-55-24-26-56(27-25-55)39-14-12-37(13-15-39)53-66(62,63)41-16-17-43(44(30-41)65(60,61)47(49,50)51)52-38(33-64-40-6-4-3-5-7-40)19-21-54-22-28-57(29-23-54)45(58)59/h3-17,30,38,52-53H,18-29,31-33H2,1-2H3,(H,58,59)/t38-/m1/s1. The van der Waals surface area contributed by atoms with E-state index in [1.54, 1.807) is 24.3 Å². The molecule has 12 nitrogen and oxygen atoms in total. The third kappa shape index (κ3) is 12.5. The Morgan fingerprint density at radius 2 is 1.50 bits per heavy atom. The second kappa shape index (κ2) is 20.8. The van der Waals surface area contributed by atoms with E-state index in [-0.39, 0.29) is 16.8 Å². The van der Waals surface area contributed by atoms with E-state index in [9.17, 15) is 39.9 Å². The average Bonchev–Trinajstić information content (AvgIpc) is 3.28. The summed E-state index contributed by atoms with van der Waals surface area (Å²) in [5.41, 5.74) is -0.767. The molecule has 0 bridgehead atoms. The van der Waals surface area contributed by atoms with Crippen LogP contribution in [0.25, 0.3) is 5.57 Å². The van der Waals surface area contributed by atoms with Crippen LogP contribution in [0, 0.1) is 5.41 Å². The molecule has 19 heteroatoms. The Morgan fingerprint density at radius 3 is 2.14 bits per heavy atom. The van der Waals surface area contributed by atoms with E-state index < -0.39 is 47.3 Å². The lowest BCUT2D eigenvalue weighted by atomic mass is 9.73. The van der Waals surface area contributed by atoms with Gasteiger partial charge >= 0.3 is 11.6 Å². The van der Waals surface area contributed by atoms with Crippen molar-refractivity contribution in [2.75, 3.05) is 86.1 Å². The highest BCUT2D eigenvalue weighted by atomic mass is 35.5. The van der Waals surface area contributed by atoms with Crippen molar-refractivity contribution in [3.63, 3.8) is 0 Å². The Labute approximate surface area is 395 Å². The van der Waals surface area contributed by atoms with Crippen molar-refractivity contribution in [1.82, 2.24) is 14.7 Å². The molecule has 1 atom stereocenters. The normalized spacial score (nSPS) is 18.3. The topological polar surface area (TPSA) is 143 Å². The van der Waals surface area contributed by atoms with E-state index >= 15 is 0 Å². The zero-order valence-electron chi connectivity index (χ0n) is 36.9. The van der Waals surface area contributed by atoms with E-state index in [1.807, 2.05) is 47.4 Å². The first-order valence-electron chi connectivity index (χ1n) is 21.9. The molecule has 0 saturated carbocycles. The van der Waals surface area contributed by atoms with Gasteiger partial charge in [-0.2, -0.15) is 13.2 Å². The van der Waals surface area contributed by atoms with Gasteiger partial charge in [0.05, 0.1) is 10.6 Å². The van der Waals surface area contributed by atoms with E-state index in [2.05, 4.69) is 45.8 Å². The highest BCUT2D eigenvalue weighted by Gasteiger charge is 2.48. The predicted molar refractivity (Wildman–Crippen MR) is 257 cm³/mol. The van der Waals surface area contributed by atoms with Crippen LogP contribution in [0.5, 0.6) is 0 Å². The quantitative estimate of drug-likeness (QED) is 0.0925. The summed E-state index contributed by atoms with van der Waals surface area (Å²) in [5, 5.41) is 13.1. The Morgan fingerprint density at radius 1 is 0.848 bits per heavy atom. The number of halogens is 4. The molecule has 0 spiro atoms. The molecular formula is C47H56ClF3N6O6S3. The predicted octanol–water partition coefficient (Wildman–Crippen LogP) is 9.48. The summed E-state index contributed by atoms with van der Waals surface area (Å²) in [6.07, 6.45) is 2.52. The molecule has 2 heterocycles. The van der Waals surface area contributed by atoms with Crippen molar-refractivity contribution in [3.05, 3.63) is 113 Å². The van der Waals surface area contributed by atoms with Crippen LogP contribution in [0.2, 0.25) is 5.02 Å². The van der Waals surface area contributed by atoms with Gasteiger partial charge in [-0.1, -0.05) is 61.4 Å². The zero-order chi connectivity index (χ0) is 47.3. The number of benzene rings is 4. The molecule has 0 aromatic heterocycles. The van der Waals surface area contributed by atoms with Crippen molar-refractivity contribution in [2.45, 2.75) is 65.8 Å². The van der Waals surface area contributed by atoms with Crippen molar-refractivity contribution in [1.29, 1.82) is 0 Å². The molecule has 3 N–H and O–H groups in total. The molecular weight excluding hydrogens is 933 g/mol. The Hall–Kier alpha value is -4.46. The van der Waals surface area contributed by atoms with Crippen LogP contribution in [0.3, 0.4) is 0 Å². The number of thioether (sulfide) groups is 1. The number of nitrogens with zero attached hydrogens (tertiary/aromatic N) is 4. The van der Waals surface area contributed by atoms with E-state index in [0.717, 1.165) is 74.7 Å². The first-order valence-corrected chi connectivity index (χ1v) is 26.3. The number of sulfone groups is 1. The van der Waals surface area contributed by atoms with Gasteiger partial charge in [0.1, 0.15) is 4.90 Å². The van der Waals surface area contributed by atoms with Crippen LogP contribution in [-0.2, 0) is 19.9 Å². The molecule has 2 fully saturated rings. The Kier molecular flexibility index (Phi) is 15.6. The summed E-state index contributed by atoms with van der Waals surface area (Å²) in [7, 11) is -10.6. The van der Waals surface area contributed by atoms with Gasteiger partial charge in [-0.3, -0.25) is 14.5 Å². The monoisotopic (exact) mass is 988 g/mol. The second-order valence-corrected chi connectivity index (χ2v) is 22.9. The summed E-state index contributed by atoms with van der Waals surface area (Å²) < 4.78 is 98.9. The molecule has 4 aromatic carbocycles. The summed E-state index contributed by atoms with van der Waals surface area (Å²) in [4.78, 5) is 18.5. The van der Waals surface area contributed by atoms with Crippen LogP contribution in [-0.4, -0.2) is 125 Å². The number of allylic oxidation sites excluding steroid dienone is 1. The fourth-order valence-corrected chi connectivity index (χ4v) is 11.9. The number of carboxylic acid groups (broad SMARTS) is 1. The van der Waals surface area contributed by atoms with E-state index in [4.69, 9.17) is 11.6 Å². The lowest BCUT2D eigenvalue weighted by molar-refractivity contribution is -0.0435. The summed E-state index contributed by atoms with van der Waals surface area (Å²) in [6, 6.07) is 26.2. The maximum absolute atomic E-state index is 14.2. The van der Waals surface area contributed by atoms with Crippen LogP contribution < -0.4 is 14.9 Å². The van der Waals surface area contributed by atoms with Crippen LogP contribution in [0.4, 0.5) is 35.0 Å². The number of anilines is 3. The number of alkyl halides is 3. The number of hydrogen-bond donors (Lipinski definition) is 3. The molecule has 3 aliphatic rings. The van der Waals surface area contributed by atoms with Crippen LogP contribution in [0.15, 0.2) is 117 Å². The molecule has 0 radical (unpaired) electrons. The minimum atomic E-state index is -6.03. The third-order valence-corrected chi connectivity index (χ3v) is 16.8. The van der Waals surface area contributed by atoms with Gasteiger partial charge in [-0.05, 0) is 109 Å². The van der Waals surface area contributed by atoms with Gasteiger partial charge < -0.3 is 20.2 Å². The molecule has 2 saturated heterocycles. The minimum absolute atomic E-state index is 0.156. The highest BCUT2D eigenvalue weighted by Crippen LogP contribution is 2.43. The molecule has 1 aliphatic carbocycles. The molecule has 4 aromatic rings. The smallest absolute Gasteiger partial charge is 0.465 e. The summed E-state index contributed by atoms with van der Waals surface area (Å²) >= 11 is 7.62. The largest absolute Gasteiger partial charge is 0.501 e. The van der Waals surface area contributed by atoms with Crippen LogP contribution in [0.1, 0.15) is 45.1 Å². The second-order valence-electron chi connectivity index (χ2n) is 17.8. The lowest BCUT2D eigenvalue weighted by Gasteiger charge is -2.39. The minimum Gasteiger partial charge on any atom is -0.465 e.